The van der Waals surface area contributed by atoms with E-state index in [0.717, 1.165) is 16.3 Å². The molecule has 18 heavy (non-hydrogen) atoms. The lowest BCUT2D eigenvalue weighted by Gasteiger charge is -2.06. The lowest BCUT2D eigenvalue weighted by atomic mass is 10.2. The van der Waals surface area contributed by atoms with Crippen LogP contribution in [0, 0.1) is 5.82 Å². The zero-order valence-corrected chi connectivity index (χ0v) is 11.4. The van der Waals surface area contributed by atoms with E-state index in [1.165, 1.54) is 23.5 Å². The molecule has 6 heteroatoms. The summed E-state index contributed by atoms with van der Waals surface area (Å²) in [5.41, 5.74) is 0. The Morgan fingerprint density at radius 1 is 1.39 bits per heavy atom. The Morgan fingerprint density at radius 3 is 2.78 bits per heavy atom. The Labute approximate surface area is 109 Å². The second-order valence-corrected chi connectivity index (χ2v) is 7.64. The van der Waals surface area contributed by atoms with Gasteiger partial charge in [-0.3, -0.25) is 0 Å². The van der Waals surface area contributed by atoms with Crippen LogP contribution in [0.25, 0.3) is 10.1 Å². The molecule has 98 valence electrons. The average molecular weight is 288 g/mol. The summed E-state index contributed by atoms with van der Waals surface area (Å²) in [6.07, 6.45) is 0.480. The van der Waals surface area contributed by atoms with E-state index in [0.29, 0.717) is 4.88 Å². The van der Waals surface area contributed by atoms with Crippen LogP contribution >= 0.6 is 11.3 Å². The molecule has 0 aliphatic carbocycles. The van der Waals surface area contributed by atoms with Gasteiger partial charge in [-0.25, -0.2) is 12.8 Å². The summed E-state index contributed by atoms with van der Waals surface area (Å²) in [5.74, 6) is -0.381. The van der Waals surface area contributed by atoms with E-state index in [1.807, 2.05) is 0 Å². The van der Waals surface area contributed by atoms with E-state index < -0.39 is 15.9 Å². The van der Waals surface area contributed by atoms with Crippen molar-refractivity contribution in [2.75, 3.05) is 12.0 Å². The topological polar surface area (TPSA) is 54.4 Å². The van der Waals surface area contributed by atoms with Crippen molar-refractivity contribution in [2.45, 2.75) is 12.5 Å². The molecule has 0 aliphatic rings. The molecule has 0 fully saturated rings. The Morgan fingerprint density at radius 2 is 2.11 bits per heavy atom. The molecule has 0 aliphatic heterocycles. The monoisotopic (exact) mass is 288 g/mol. The van der Waals surface area contributed by atoms with Crippen molar-refractivity contribution < 1.29 is 17.9 Å². The summed E-state index contributed by atoms with van der Waals surface area (Å²) < 4.78 is 35.9. The minimum atomic E-state index is -3.08. The second kappa shape index (κ2) is 4.95. The molecule has 2 rings (SSSR count). The molecular formula is C12H13FO3S2. The van der Waals surface area contributed by atoms with Crippen molar-refractivity contribution in [1.82, 2.24) is 0 Å². The molecule has 0 saturated heterocycles. The van der Waals surface area contributed by atoms with Gasteiger partial charge in [0.05, 0.1) is 11.9 Å². The number of benzene rings is 1. The standard InChI is InChI=1S/C12H13FO3S2/c1-18(15,16)5-4-10(14)12-7-8-6-9(13)2-3-11(8)17-12/h2-3,6-7,10,14H,4-5H2,1H3. The Balaban J connectivity index is 2.20. The predicted octanol–water partition coefficient (Wildman–Crippen LogP) is 2.51. The highest BCUT2D eigenvalue weighted by Crippen LogP contribution is 2.31. The fourth-order valence-electron chi connectivity index (χ4n) is 1.67. The summed E-state index contributed by atoms with van der Waals surface area (Å²) in [7, 11) is -3.08. The first-order valence-electron chi connectivity index (χ1n) is 5.40. The van der Waals surface area contributed by atoms with Crippen molar-refractivity contribution in [1.29, 1.82) is 0 Å². The summed E-state index contributed by atoms with van der Waals surface area (Å²) in [5, 5.41) is 10.6. The number of fused-ring (bicyclic) bond motifs is 1. The van der Waals surface area contributed by atoms with Gasteiger partial charge in [-0.2, -0.15) is 0 Å². The molecule has 0 bridgehead atoms. The van der Waals surface area contributed by atoms with Crippen molar-refractivity contribution in [3.8, 4) is 0 Å². The van der Waals surface area contributed by atoms with Gasteiger partial charge in [0.2, 0.25) is 0 Å². The highest BCUT2D eigenvalue weighted by molar-refractivity contribution is 7.90. The highest BCUT2D eigenvalue weighted by Gasteiger charge is 2.14. The third-order valence-electron chi connectivity index (χ3n) is 2.59. The zero-order chi connectivity index (χ0) is 13.3. The van der Waals surface area contributed by atoms with Gasteiger partial charge in [0.15, 0.2) is 0 Å². The third-order valence-corrected chi connectivity index (χ3v) is 4.78. The number of sulfone groups is 1. The largest absolute Gasteiger partial charge is 0.388 e. The van der Waals surface area contributed by atoms with Crippen LogP contribution in [-0.2, 0) is 9.84 Å². The maximum atomic E-state index is 13.0. The number of halogens is 1. The number of hydrogen-bond acceptors (Lipinski definition) is 4. The van der Waals surface area contributed by atoms with Crippen molar-refractivity contribution in [2.24, 2.45) is 0 Å². The lowest BCUT2D eigenvalue weighted by Crippen LogP contribution is -2.07. The highest BCUT2D eigenvalue weighted by atomic mass is 32.2. The molecule has 1 aromatic heterocycles. The molecule has 1 unspecified atom stereocenters. The number of rotatable bonds is 4. The Bertz CT molecular complexity index is 661. The number of aliphatic hydroxyl groups is 1. The minimum absolute atomic E-state index is 0.0588. The third kappa shape index (κ3) is 3.28. The zero-order valence-electron chi connectivity index (χ0n) is 9.76. The van der Waals surface area contributed by atoms with Gasteiger partial charge in [0, 0.05) is 15.8 Å². The quantitative estimate of drug-likeness (QED) is 0.940. The van der Waals surface area contributed by atoms with Gasteiger partial charge in [0.25, 0.3) is 0 Å². The molecule has 1 atom stereocenters. The first kappa shape index (κ1) is 13.5. The van der Waals surface area contributed by atoms with Crippen LogP contribution in [0.15, 0.2) is 24.3 Å². The van der Waals surface area contributed by atoms with E-state index in [-0.39, 0.29) is 18.0 Å². The van der Waals surface area contributed by atoms with Crippen LogP contribution in [0.4, 0.5) is 4.39 Å². The Kier molecular flexibility index (Phi) is 3.70. The summed E-state index contributed by atoms with van der Waals surface area (Å²) in [4.78, 5) is 0.666. The molecule has 1 heterocycles. The van der Waals surface area contributed by atoms with E-state index in [1.54, 1.807) is 12.1 Å². The van der Waals surface area contributed by atoms with Gasteiger partial charge >= 0.3 is 0 Å². The van der Waals surface area contributed by atoms with Crippen LogP contribution < -0.4 is 0 Å². The van der Waals surface area contributed by atoms with Crippen molar-refractivity contribution >= 4 is 31.3 Å². The van der Waals surface area contributed by atoms with Gasteiger partial charge < -0.3 is 5.11 Å². The molecule has 1 N–H and O–H groups in total. The Hall–Kier alpha value is -0.980. The number of thiophene rings is 1. The predicted molar refractivity (Wildman–Crippen MR) is 71.1 cm³/mol. The molecule has 0 spiro atoms. The molecule has 0 radical (unpaired) electrons. The number of hydrogen-bond donors (Lipinski definition) is 1. The minimum Gasteiger partial charge on any atom is -0.388 e. The molecule has 0 saturated carbocycles. The van der Waals surface area contributed by atoms with Crippen LogP contribution in [0.3, 0.4) is 0 Å². The SMILES string of the molecule is CS(=O)(=O)CCC(O)c1cc2cc(F)ccc2s1. The fraction of sp³-hybridized carbons (Fsp3) is 0.333. The first-order valence-corrected chi connectivity index (χ1v) is 8.28. The average Bonchev–Trinajstić information content (AvgIpc) is 2.67. The maximum absolute atomic E-state index is 13.0. The molecule has 1 aromatic carbocycles. The molecule has 2 aromatic rings. The van der Waals surface area contributed by atoms with E-state index in [4.69, 9.17) is 0 Å². The summed E-state index contributed by atoms with van der Waals surface area (Å²) >= 11 is 1.35. The van der Waals surface area contributed by atoms with Gasteiger partial charge in [-0.05, 0) is 36.1 Å². The molecule has 3 nitrogen and oxygen atoms in total. The van der Waals surface area contributed by atoms with Crippen LogP contribution in [0.2, 0.25) is 0 Å². The summed E-state index contributed by atoms with van der Waals surface area (Å²) in [6.45, 7) is 0. The van der Waals surface area contributed by atoms with Crippen LogP contribution in [0.1, 0.15) is 17.4 Å². The van der Waals surface area contributed by atoms with Gasteiger partial charge in [0.1, 0.15) is 15.7 Å². The smallest absolute Gasteiger partial charge is 0.147 e. The van der Waals surface area contributed by atoms with Crippen LogP contribution in [-0.4, -0.2) is 25.5 Å². The normalized spacial score (nSPS) is 13.9. The first-order chi connectivity index (χ1) is 8.35. The second-order valence-electron chi connectivity index (χ2n) is 4.27. The van der Waals surface area contributed by atoms with E-state index >= 15 is 0 Å². The fourth-order valence-corrected chi connectivity index (χ4v) is 3.38. The maximum Gasteiger partial charge on any atom is 0.147 e. The summed E-state index contributed by atoms with van der Waals surface area (Å²) in [6, 6.07) is 6.13. The lowest BCUT2D eigenvalue weighted by molar-refractivity contribution is 0.178. The van der Waals surface area contributed by atoms with E-state index in [2.05, 4.69) is 0 Å². The van der Waals surface area contributed by atoms with Crippen LogP contribution in [0.5, 0.6) is 0 Å². The van der Waals surface area contributed by atoms with Gasteiger partial charge in [-0.1, -0.05) is 0 Å². The van der Waals surface area contributed by atoms with Gasteiger partial charge in [-0.15, -0.1) is 11.3 Å². The van der Waals surface area contributed by atoms with Crippen molar-refractivity contribution in [3.05, 3.63) is 35.0 Å². The molecular weight excluding hydrogens is 275 g/mol. The molecule has 0 amide bonds. The van der Waals surface area contributed by atoms with Crippen molar-refractivity contribution in [3.63, 3.8) is 0 Å². The van der Waals surface area contributed by atoms with E-state index in [9.17, 15) is 17.9 Å². The number of aliphatic hydroxyl groups excluding tert-OH is 1.